The van der Waals surface area contributed by atoms with E-state index in [0.717, 1.165) is 0 Å². The Labute approximate surface area is 44.3 Å². The summed E-state index contributed by atoms with van der Waals surface area (Å²) in [5.41, 5.74) is 1.36. The van der Waals surface area contributed by atoms with Crippen molar-refractivity contribution in [2.45, 2.75) is 0 Å². The lowest BCUT2D eigenvalue weighted by molar-refractivity contribution is -0.574. The van der Waals surface area contributed by atoms with Gasteiger partial charge in [-0.05, 0) is 5.53 Å². The summed E-state index contributed by atoms with van der Waals surface area (Å²) in [5, 5.41) is 16.4. The summed E-state index contributed by atoms with van der Waals surface area (Å²) >= 11 is 0. The number of nitrogens with two attached hydrogens (primary N) is 1. The van der Waals surface area contributed by atoms with Crippen LogP contribution in [0.25, 0.3) is 0 Å². The fraction of sp³-hybridized carbons (Fsp3) is 0. The molecule has 0 aliphatic rings. The minimum Gasteiger partial charge on any atom is -0.233 e. The molecule has 0 aromatic carbocycles. The summed E-state index contributed by atoms with van der Waals surface area (Å²) in [6, 6.07) is 0. The Morgan fingerprint density at radius 1 is 2.00 bits per heavy atom. The molecule has 0 aromatic heterocycles. The molecule has 0 radical (unpaired) electrons. The Bertz CT molecular complexity index is 125. The first-order chi connectivity index (χ1) is 3.66. The number of hydrazine groups is 3. The summed E-state index contributed by atoms with van der Waals surface area (Å²) in [5.74, 6) is 4.59. The van der Waals surface area contributed by atoms with Crippen LogP contribution in [-0.2, 0) is 0 Å². The van der Waals surface area contributed by atoms with Crippen LogP contribution < -0.4 is 11.4 Å². The van der Waals surface area contributed by atoms with Gasteiger partial charge in [-0.25, -0.2) is 16.0 Å². The quantitative estimate of drug-likeness (QED) is 0.147. The fourth-order valence-corrected chi connectivity index (χ4v) is 0.110. The van der Waals surface area contributed by atoms with Crippen LogP contribution in [-0.4, -0.2) is 10.2 Å². The van der Waals surface area contributed by atoms with Crippen molar-refractivity contribution in [2.24, 2.45) is 5.84 Å². The average molecular weight is 117 g/mol. The molecule has 0 amide bonds. The van der Waals surface area contributed by atoms with Gasteiger partial charge in [0.05, 0.1) is 0 Å². The van der Waals surface area contributed by atoms with Gasteiger partial charge in [0.2, 0.25) is 6.19 Å². The lowest BCUT2D eigenvalue weighted by Crippen LogP contribution is -2.43. The van der Waals surface area contributed by atoms with E-state index in [2.05, 4.69) is 5.84 Å². The van der Waals surface area contributed by atoms with E-state index in [4.69, 9.17) is 5.26 Å². The van der Waals surface area contributed by atoms with Crippen molar-refractivity contribution in [1.82, 2.24) is 10.7 Å². The molecule has 0 heterocycles. The summed E-state index contributed by atoms with van der Waals surface area (Å²) in [6.07, 6.45) is 1.25. The van der Waals surface area contributed by atoms with Gasteiger partial charge in [-0.1, -0.05) is 5.12 Å². The van der Waals surface area contributed by atoms with Crippen molar-refractivity contribution in [3.63, 3.8) is 0 Å². The van der Waals surface area contributed by atoms with Gasteiger partial charge in [0.15, 0.2) is 5.03 Å². The summed E-state index contributed by atoms with van der Waals surface area (Å²) in [4.78, 5) is 9.39. The topological polar surface area (TPSA) is 108 Å². The average Bonchev–Trinajstić information content (AvgIpc) is 1.65. The zero-order valence-corrected chi connectivity index (χ0v) is 3.74. The van der Waals surface area contributed by atoms with Crippen molar-refractivity contribution in [1.29, 1.82) is 5.26 Å². The molecule has 0 atom stereocenters. The molecule has 0 aliphatic carbocycles. The first-order valence-electron chi connectivity index (χ1n) is 1.52. The minimum absolute atomic E-state index is 0.181. The van der Waals surface area contributed by atoms with E-state index in [9.17, 15) is 10.1 Å². The zero-order valence-electron chi connectivity index (χ0n) is 3.74. The van der Waals surface area contributed by atoms with Crippen molar-refractivity contribution in [3.8, 4) is 6.19 Å². The number of nitriles is 1. The van der Waals surface area contributed by atoms with Gasteiger partial charge >= 0.3 is 0 Å². The van der Waals surface area contributed by atoms with Crippen molar-refractivity contribution in [3.05, 3.63) is 10.1 Å². The van der Waals surface area contributed by atoms with Crippen molar-refractivity contribution >= 4 is 0 Å². The molecule has 7 nitrogen and oxygen atoms in total. The summed E-state index contributed by atoms with van der Waals surface area (Å²) < 4.78 is 0. The van der Waals surface area contributed by atoms with Gasteiger partial charge in [0.25, 0.3) is 0 Å². The predicted molar refractivity (Wildman–Crippen MR) is 21.8 cm³/mol. The highest BCUT2D eigenvalue weighted by atomic mass is 16.7. The third kappa shape index (κ3) is 2.67. The molecule has 0 unspecified atom stereocenters. The van der Waals surface area contributed by atoms with Gasteiger partial charge in [-0.2, -0.15) is 5.26 Å². The van der Waals surface area contributed by atoms with Crippen LogP contribution in [0, 0.1) is 21.6 Å². The summed E-state index contributed by atoms with van der Waals surface area (Å²) in [6.45, 7) is 0. The highest BCUT2D eigenvalue weighted by molar-refractivity contribution is 4.56. The van der Waals surface area contributed by atoms with Crippen molar-refractivity contribution in [2.75, 3.05) is 0 Å². The van der Waals surface area contributed by atoms with E-state index in [1.807, 2.05) is 0 Å². The molecular formula is CH3N5O2. The second-order valence-corrected chi connectivity index (χ2v) is 0.827. The lowest BCUT2D eigenvalue weighted by Gasteiger charge is -1.98. The number of nitro groups is 1. The molecule has 44 valence electrons. The molecule has 0 fully saturated rings. The molecule has 0 saturated carbocycles. The Kier molecular flexibility index (Phi) is 2.09. The van der Waals surface area contributed by atoms with E-state index in [1.54, 1.807) is 0 Å². The highest BCUT2D eigenvalue weighted by Crippen LogP contribution is 1.59. The first-order valence-corrected chi connectivity index (χ1v) is 1.52. The monoisotopic (exact) mass is 117 g/mol. The number of rotatable bonds is 2. The highest BCUT2D eigenvalue weighted by Gasteiger charge is 1.96. The van der Waals surface area contributed by atoms with Gasteiger partial charge in [-0.15, -0.1) is 0 Å². The molecule has 0 spiro atoms. The zero-order chi connectivity index (χ0) is 6.57. The predicted octanol–water partition coefficient (Wildman–Crippen LogP) is -1.66. The van der Waals surface area contributed by atoms with E-state index >= 15 is 0 Å². The Balaban J connectivity index is 3.43. The minimum atomic E-state index is -0.941. The molecule has 0 bridgehead atoms. The maximum Gasteiger partial charge on any atom is 0.220 e. The second-order valence-electron chi connectivity index (χ2n) is 0.827. The lowest BCUT2D eigenvalue weighted by atomic mass is 11.3. The molecule has 0 saturated heterocycles. The van der Waals surface area contributed by atoms with E-state index < -0.39 is 5.03 Å². The largest absolute Gasteiger partial charge is 0.233 e. The molecular weight excluding hydrogens is 114 g/mol. The van der Waals surface area contributed by atoms with Crippen LogP contribution in [0.2, 0.25) is 0 Å². The van der Waals surface area contributed by atoms with E-state index in [-0.39, 0.29) is 5.12 Å². The maximum absolute atomic E-state index is 9.39. The Hall–Kier alpha value is -1.55. The normalized spacial score (nSPS) is 7.00. The number of hydrogen-bond donors (Lipinski definition) is 2. The van der Waals surface area contributed by atoms with Crippen LogP contribution >= 0.6 is 0 Å². The molecule has 0 aliphatic heterocycles. The Morgan fingerprint density at radius 3 is 2.62 bits per heavy atom. The third-order valence-corrected chi connectivity index (χ3v) is 0.297. The molecule has 7 heteroatoms. The molecule has 3 N–H and O–H groups in total. The number of hydrogen-bond acceptors (Lipinski definition) is 5. The first kappa shape index (κ1) is 6.45. The molecule has 0 aromatic rings. The van der Waals surface area contributed by atoms with E-state index in [1.165, 1.54) is 11.7 Å². The van der Waals surface area contributed by atoms with Crippen LogP contribution in [0.3, 0.4) is 0 Å². The standard InChI is InChI=1S/CH3N5O2/c2-1-5(3)4-6(7)8/h4H,3H2. The number of nitrogens with zero attached hydrogens (tertiary/aromatic N) is 3. The fourth-order valence-electron chi connectivity index (χ4n) is 0.110. The van der Waals surface area contributed by atoms with Gasteiger partial charge in [0.1, 0.15) is 0 Å². The maximum atomic E-state index is 9.39. The van der Waals surface area contributed by atoms with Crippen LogP contribution in [0.1, 0.15) is 0 Å². The van der Waals surface area contributed by atoms with Gasteiger partial charge in [0, 0.05) is 0 Å². The summed E-state index contributed by atoms with van der Waals surface area (Å²) in [7, 11) is 0. The SMILES string of the molecule is N#CN(N)N[N+](=O)[O-]. The van der Waals surface area contributed by atoms with Crippen molar-refractivity contribution < 1.29 is 5.03 Å². The molecule has 0 rings (SSSR count). The van der Waals surface area contributed by atoms with Crippen LogP contribution in [0.4, 0.5) is 0 Å². The van der Waals surface area contributed by atoms with Crippen LogP contribution in [0.5, 0.6) is 0 Å². The number of nitrogens with one attached hydrogen (secondary N) is 1. The second kappa shape index (κ2) is 2.59. The van der Waals surface area contributed by atoms with Gasteiger partial charge in [-0.3, -0.25) is 0 Å². The van der Waals surface area contributed by atoms with Gasteiger partial charge < -0.3 is 0 Å². The Morgan fingerprint density at radius 2 is 2.50 bits per heavy atom. The van der Waals surface area contributed by atoms with E-state index in [0.29, 0.717) is 0 Å². The smallest absolute Gasteiger partial charge is 0.220 e. The molecule has 8 heavy (non-hydrogen) atoms. The van der Waals surface area contributed by atoms with Crippen LogP contribution in [0.15, 0.2) is 0 Å². The third-order valence-electron chi connectivity index (χ3n) is 0.297.